The van der Waals surface area contributed by atoms with Crippen LogP contribution in [0, 0.1) is 0 Å². The zero-order valence-corrected chi connectivity index (χ0v) is 13.6. The van der Waals surface area contributed by atoms with Gasteiger partial charge in [-0.1, -0.05) is 44.9 Å². The number of carbonyl (C=O) groups excluding carboxylic acids is 1. The summed E-state index contributed by atoms with van der Waals surface area (Å²) in [6.45, 7) is -0.0370. The number of nitrogens with one attached hydrogen (secondary N) is 1. The van der Waals surface area contributed by atoms with Gasteiger partial charge in [0.2, 0.25) is 0 Å². The van der Waals surface area contributed by atoms with Gasteiger partial charge in [-0.2, -0.15) is 0 Å². The molecule has 0 aliphatic carbocycles. The van der Waals surface area contributed by atoms with E-state index in [1.165, 1.54) is 25.7 Å². The minimum Gasteiger partial charge on any atom is -0.394 e. The van der Waals surface area contributed by atoms with Crippen molar-refractivity contribution in [3.63, 3.8) is 0 Å². The van der Waals surface area contributed by atoms with E-state index in [9.17, 15) is 9.36 Å². The van der Waals surface area contributed by atoms with E-state index in [2.05, 4.69) is 5.32 Å². The fourth-order valence-electron chi connectivity index (χ4n) is 2.12. The minimum absolute atomic E-state index is 0.512. The van der Waals surface area contributed by atoms with Crippen molar-refractivity contribution in [1.82, 2.24) is 5.32 Å². The maximum absolute atomic E-state index is 10.9. The van der Waals surface area contributed by atoms with E-state index in [1.54, 1.807) is 0 Å². The normalized spacial score (nSPS) is 13.3. The first-order valence-corrected chi connectivity index (χ1v) is 9.45. The van der Waals surface area contributed by atoms with Crippen LogP contribution in [0.2, 0.25) is 0 Å². The van der Waals surface area contributed by atoms with Crippen molar-refractivity contribution < 1.29 is 24.3 Å². The van der Waals surface area contributed by atoms with Gasteiger partial charge in [-0.3, -0.25) is 9.36 Å². The van der Waals surface area contributed by atoms with E-state index in [0.717, 1.165) is 32.1 Å². The summed E-state index contributed by atoms with van der Waals surface area (Å²) in [4.78, 5) is 27.8. The summed E-state index contributed by atoms with van der Waals surface area (Å²) in [6.07, 6.45) is 12.2. The molecule has 0 aromatic carbocycles. The summed E-state index contributed by atoms with van der Waals surface area (Å²) < 4.78 is 10.9. The maximum atomic E-state index is 10.9. The van der Waals surface area contributed by atoms with Crippen LogP contribution in [-0.4, -0.2) is 40.1 Å². The fraction of sp³-hybridized carbons (Fsp3) is 0.929. The van der Waals surface area contributed by atoms with Crippen LogP contribution in [0.4, 0.5) is 0 Å². The Morgan fingerprint density at radius 3 is 1.81 bits per heavy atom. The van der Waals surface area contributed by atoms with Crippen LogP contribution >= 0.6 is 7.60 Å². The Morgan fingerprint density at radius 2 is 1.38 bits per heavy atom. The summed E-state index contributed by atoms with van der Waals surface area (Å²) in [7, 11) is -4.24. The molecule has 4 N–H and O–H groups in total. The van der Waals surface area contributed by atoms with E-state index in [0.29, 0.717) is 13.0 Å². The zero-order valence-electron chi connectivity index (χ0n) is 12.7. The highest BCUT2D eigenvalue weighted by atomic mass is 31.2. The molecule has 0 aromatic heterocycles. The molecule has 0 aliphatic heterocycles. The maximum Gasteiger partial charge on any atom is 0.344 e. The molecular formula is C14H29NO5P. The van der Waals surface area contributed by atoms with Crippen LogP contribution in [0.3, 0.4) is 0 Å². The first kappa shape index (κ1) is 20.7. The highest BCUT2D eigenvalue weighted by Gasteiger charge is 2.26. The van der Waals surface area contributed by atoms with Crippen LogP contribution in [0.1, 0.15) is 64.2 Å². The number of aliphatic hydroxyl groups excluding tert-OH is 1. The third-order valence-corrected chi connectivity index (χ3v) is 4.57. The van der Waals surface area contributed by atoms with Crippen LogP contribution in [0.25, 0.3) is 0 Å². The summed E-state index contributed by atoms with van der Waals surface area (Å²) in [5.74, 6) is -1.14. The van der Waals surface area contributed by atoms with Crippen molar-refractivity contribution in [1.29, 1.82) is 0 Å². The zero-order chi connectivity index (χ0) is 16.0. The Bertz CT molecular complexity index is 295. The highest BCUT2D eigenvalue weighted by molar-refractivity contribution is 7.52. The first-order chi connectivity index (χ1) is 10.0. The van der Waals surface area contributed by atoms with Gasteiger partial charge in [0.05, 0.1) is 6.61 Å². The van der Waals surface area contributed by atoms with Gasteiger partial charge in [-0.05, 0) is 19.4 Å². The third kappa shape index (κ3) is 13.1. The van der Waals surface area contributed by atoms with E-state index >= 15 is 0 Å². The summed E-state index contributed by atoms with van der Waals surface area (Å²) in [6, 6.07) is 0. The Kier molecular flexibility index (Phi) is 13.2. The van der Waals surface area contributed by atoms with Gasteiger partial charge in [-0.25, -0.2) is 0 Å². The SMILES string of the molecule is O=[C]CCCCCCCCCCCNC(CO)P(=O)(O)O. The Balaban J connectivity index is 3.29. The Morgan fingerprint density at radius 1 is 0.905 bits per heavy atom. The van der Waals surface area contributed by atoms with Gasteiger partial charge in [0, 0.05) is 6.42 Å². The second-order valence-corrected chi connectivity index (χ2v) is 7.12. The van der Waals surface area contributed by atoms with E-state index in [1.807, 2.05) is 6.29 Å². The summed E-state index contributed by atoms with van der Waals surface area (Å²) in [5.41, 5.74) is 0. The van der Waals surface area contributed by atoms with E-state index < -0.39 is 20.0 Å². The predicted molar refractivity (Wildman–Crippen MR) is 82.8 cm³/mol. The summed E-state index contributed by atoms with van der Waals surface area (Å²) >= 11 is 0. The van der Waals surface area contributed by atoms with Crippen molar-refractivity contribution in [3.8, 4) is 0 Å². The van der Waals surface area contributed by atoms with Crippen molar-refractivity contribution in [2.45, 2.75) is 70.0 Å². The van der Waals surface area contributed by atoms with E-state index in [4.69, 9.17) is 14.9 Å². The van der Waals surface area contributed by atoms with Crippen LogP contribution in [-0.2, 0) is 9.36 Å². The van der Waals surface area contributed by atoms with E-state index in [-0.39, 0.29) is 0 Å². The number of rotatable bonds is 15. The topological polar surface area (TPSA) is 107 Å². The molecule has 0 amide bonds. The molecule has 0 bridgehead atoms. The molecule has 0 fully saturated rings. The lowest BCUT2D eigenvalue weighted by Crippen LogP contribution is -2.33. The van der Waals surface area contributed by atoms with Gasteiger partial charge in [0.25, 0.3) is 0 Å². The van der Waals surface area contributed by atoms with Crippen LogP contribution in [0.5, 0.6) is 0 Å². The van der Waals surface area contributed by atoms with Gasteiger partial charge < -0.3 is 20.2 Å². The molecule has 0 heterocycles. The van der Waals surface area contributed by atoms with Gasteiger partial charge in [0.1, 0.15) is 5.78 Å². The van der Waals surface area contributed by atoms with Gasteiger partial charge >= 0.3 is 7.60 Å². The molecule has 1 unspecified atom stereocenters. The smallest absolute Gasteiger partial charge is 0.344 e. The molecule has 1 atom stereocenters. The lowest BCUT2D eigenvalue weighted by molar-refractivity contribution is 0.248. The van der Waals surface area contributed by atoms with Crippen molar-refractivity contribution >= 4 is 13.9 Å². The average Bonchev–Trinajstić information content (AvgIpc) is 2.42. The van der Waals surface area contributed by atoms with Gasteiger partial charge in [-0.15, -0.1) is 0 Å². The molecule has 0 aromatic rings. The monoisotopic (exact) mass is 322 g/mol. The van der Waals surface area contributed by atoms with Crippen LogP contribution in [0.15, 0.2) is 0 Å². The Hall–Kier alpha value is -0.260. The lowest BCUT2D eigenvalue weighted by atomic mass is 10.1. The molecule has 1 radical (unpaired) electrons. The first-order valence-electron chi connectivity index (χ1n) is 7.77. The number of hydrogen-bond acceptors (Lipinski definition) is 4. The van der Waals surface area contributed by atoms with Crippen molar-refractivity contribution in [2.24, 2.45) is 0 Å². The molecular weight excluding hydrogens is 293 g/mol. The third-order valence-electron chi connectivity index (χ3n) is 3.41. The predicted octanol–water partition coefficient (Wildman–Crippen LogP) is 2.08. The molecule has 0 aliphatic rings. The molecule has 21 heavy (non-hydrogen) atoms. The number of hydrogen-bond donors (Lipinski definition) is 4. The second-order valence-electron chi connectivity index (χ2n) is 5.32. The number of unbranched alkanes of at least 4 members (excludes halogenated alkanes) is 9. The van der Waals surface area contributed by atoms with Crippen molar-refractivity contribution in [3.05, 3.63) is 0 Å². The van der Waals surface area contributed by atoms with Gasteiger partial charge in [0.15, 0.2) is 6.29 Å². The molecule has 0 saturated heterocycles. The molecule has 7 heteroatoms. The molecule has 125 valence electrons. The molecule has 0 rings (SSSR count). The number of aliphatic hydroxyl groups is 1. The molecule has 6 nitrogen and oxygen atoms in total. The van der Waals surface area contributed by atoms with Crippen LogP contribution < -0.4 is 5.32 Å². The summed E-state index contributed by atoms with van der Waals surface area (Å²) in [5, 5.41) is 11.6. The minimum atomic E-state index is -4.24. The highest BCUT2D eigenvalue weighted by Crippen LogP contribution is 2.39. The Labute approximate surface area is 127 Å². The molecule has 0 saturated carbocycles. The standard InChI is InChI=1S/C14H29NO5P/c16-12-10-8-6-4-2-1-3-5-7-9-11-15-14(13-17)21(18,19)20/h14-15,17H,1-11,13H2,(H2,18,19,20). The second kappa shape index (κ2) is 13.4. The quantitative estimate of drug-likeness (QED) is 0.272. The van der Waals surface area contributed by atoms with Crippen molar-refractivity contribution in [2.75, 3.05) is 13.2 Å². The lowest BCUT2D eigenvalue weighted by Gasteiger charge is -2.17. The fourth-order valence-corrected chi connectivity index (χ4v) is 2.70. The largest absolute Gasteiger partial charge is 0.394 e. The molecule has 0 spiro atoms. The average molecular weight is 322 g/mol.